The summed E-state index contributed by atoms with van der Waals surface area (Å²) in [6.07, 6.45) is 7.53. The number of nitrogens with zero attached hydrogens (tertiary/aromatic N) is 1. The number of rotatable bonds is 4. The van der Waals surface area contributed by atoms with Crippen LogP contribution >= 0.6 is 11.6 Å². The highest BCUT2D eigenvalue weighted by Crippen LogP contribution is 2.32. The highest BCUT2D eigenvalue weighted by atomic mass is 35.5. The molecule has 0 atom stereocenters. The Morgan fingerprint density at radius 2 is 2.15 bits per heavy atom. The lowest BCUT2D eigenvalue weighted by Gasteiger charge is -2.32. The number of benzene rings is 1. The van der Waals surface area contributed by atoms with Crippen molar-refractivity contribution in [2.24, 2.45) is 0 Å². The molecule has 0 unspecified atom stereocenters. The Kier molecular flexibility index (Phi) is 5.17. The number of aryl methyl sites for hydroxylation is 1. The Bertz CT molecular complexity index is 502. The van der Waals surface area contributed by atoms with Crippen molar-refractivity contribution in [1.82, 2.24) is 4.90 Å². The molecule has 4 heteroatoms. The summed E-state index contributed by atoms with van der Waals surface area (Å²) >= 11 is 6.13. The van der Waals surface area contributed by atoms with Crippen LogP contribution in [0.4, 0.5) is 5.69 Å². The molecule has 2 rings (SSSR count). The molecule has 1 saturated heterocycles. The molecule has 0 aliphatic carbocycles. The second-order valence-corrected chi connectivity index (χ2v) is 5.61. The quantitative estimate of drug-likeness (QED) is 0.863. The molecule has 0 amide bonds. The summed E-state index contributed by atoms with van der Waals surface area (Å²) in [7, 11) is 1.67. The van der Waals surface area contributed by atoms with Crippen molar-refractivity contribution in [3.05, 3.63) is 22.7 Å². The fourth-order valence-electron chi connectivity index (χ4n) is 2.53. The van der Waals surface area contributed by atoms with E-state index in [4.69, 9.17) is 22.8 Å². The summed E-state index contributed by atoms with van der Waals surface area (Å²) in [6, 6.07) is 4.38. The van der Waals surface area contributed by atoms with E-state index in [2.05, 4.69) is 22.2 Å². The predicted octanol–water partition coefficient (Wildman–Crippen LogP) is 3.17. The van der Waals surface area contributed by atoms with Crippen molar-refractivity contribution >= 4 is 17.3 Å². The lowest BCUT2D eigenvalue weighted by atomic mass is 10.0. The number of halogens is 1. The van der Waals surface area contributed by atoms with E-state index in [1.807, 2.05) is 13.0 Å². The van der Waals surface area contributed by atoms with Crippen molar-refractivity contribution < 1.29 is 4.74 Å². The van der Waals surface area contributed by atoms with E-state index in [1.165, 1.54) is 0 Å². The molecule has 20 heavy (non-hydrogen) atoms. The Labute approximate surface area is 126 Å². The van der Waals surface area contributed by atoms with E-state index in [-0.39, 0.29) is 0 Å². The molecule has 1 aromatic rings. The average molecular weight is 293 g/mol. The third kappa shape index (κ3) is 3.59. The van der Waals surface area contributed by atoms with Gasteiger partial charge in [0, 0.05) is 30.2 Å². The van der Waals surface area contributed by atoms with Gasteiger partial charge in [-0.25, -0.2) is 0 Å². The van der Waals surface area contributed by atoms with E-state index >= 15 is 0 Å². The number of piperidine rings is 1. The van der Waals surface area contributed by atoms with Crippen LogP contribution < -0.4 is 10.1 Å². The van der Waals surface area contributed by atoms with E-state index in [0.717, 1.165) is 54.5 Å². The summed E-state index contributed by atoms with van der Waals surface area (Å²) in [5.41, 5.74) is 2.07. The number of anilines is 1. The minimum Gasteiger partial charge on any atom is -0.495 e. The zero-order valence-corrected chi connectivity index (χ0v) is 12.8. The van der Waals surface area contributed by atoms with Crippen molar-refractivity contribution in [2.75, 3.05) is 32.1 Å². The standard InChI is InChI=1S/C16H21ClN2O/c1-4-7-19-8-5-13(6-9-19)18-15-10-12(2)14(17)11-16(15)20-3/h1,10-11,13,18H,5-9H2,2-3H3. The Balaban J connectivity index is 2.01. The third-order valence-corrected chi connectivity index (χ3v) is 4.15. The summed E-state index contributed by atoms with van der Waals surface area (Å²) in [4.78, 5) is 2.31. The number of hydrogen-bond donors (Lipinski definition) is 1. The molecule has 0 bridgehead atoms. The second-order valence-electron chi connectivity index (χ2n) is 5.20. The number of likely N-dealkylation sites (tertiary alicyclic amines) is 1. The Morgan fingerprint density at radius 3 is 2.75 bits per heavy atom. The van der Waals surface area contributed by atoms with Crippen molar-refractivity contribution in [2.45, 2.75) is 25.8 Å². The van der Waals surface area contributed by atoms with E-state index in [1.54, 1.807) is 7.11 Å². The van der Waals surface area contributed by atoms with Gasteiger partial charge in [0.2, 0.25) is 0 Å². The van der Waals surface area contributed by atoms with Gasteiger partial charge in [-0.3, -0.25) is 4.90 Å². The van der Waals surface area contributed by atoms with E-state index in [0.29, 0.717) is 6.04 Å². The van der Waals surface area contributed by atoms with Gasteiger partial charge in [0.1, 0.15) is 5.75 Å². The van der Waals surface area contributed by atoms with Crippen LogP contribution in [0.3, 0.4) is 0 Å². The first-order valence-electron chi connectivity index (χ1n) is 6.90. The summed E-state index contributed by atoms with van der Waals surface area (Å²) in [5, 5.41) is 4.30. The van der Waals surface area contributed by atoms with Crippen LogP contribution in [0.15, 0.2) is 12.1 Å². The van der Waals surface area contributed by atoms with Gasteiger partial charge >= 0.3 is 0 Å². The molecule has 0 radical (unpaired) electrons. The van der Waals surface area contributed by atoms with Crippen molar-refractivity contribution in [1.29, 1.82) is 0 Å². The lowest BCUT2D eigenvalue weighted by Crippen LogP contribution is -2.39. The maximum Gasteiger partial charge on any atom is 0.143 e. The zero-order valence-electron chi connectivity index (χ0n) is 12.1. The number of ether oxygens (including phenoxy) is 1. The fourth-order valence-corrected chi connectivity index (χ4v) is 2.68. The average Bonchev–Trinajstić information content (AvgIpc) is 2.45. The van der Waals surface area contributed by atoms with E-state index < -0.39 is 0 Å². The molecule has 0 aromatic heterocycles. The van der Waals surface area contributed by atoms with E-state index in [9.17, 15) is 0 Å². The normalized spacial score (nSPS) is 16.7. The molecule has 1 heterocycles. The smallest absolute Gasteiger partial charge is 0.143 e. The van der Waals surface area contributed by atoms with Crippen LogP contribution in [0.1, 0.15) is 18.4 Å². The van der Waals surface area contributed by atoms with Gasteiger partial charge in [-0.15, -0.1) is 6.42 Å². The predicted molar refractivity (Wildman–Crippen MR) is 84.7 cm³/mol. The first-order chi connectivity index (χ1) is 9.63. The van der Waals surface area contributed by atoms with Crippen LogP contribution in [0.2, 0.25) is 5.02 Å². The molecule has 1 aromatic carbocycles. The molecule has 3 nitrogen and oxygen atoms in total. The lowest BCUT2D eigenvalue weighted by molar-refractivity contribution is 0.243. The van der Waals surface area contributed by atoms with Crippen molar-refractivity contribution in [3.63, 3.8) is 0 Å². The van der Waals surface area contributed by atoms with Gasteiger partial charge in [-0.1, -0.05) is 17.5 Å². The summed E-state index contributed by atoms with van der Waals surface area (Å²) < 4.78 is 5.40. The minimum absolute atomic E-state index is 0.457. The Hall–Kier alpha value is -1.37. The first-order valence-corrected chi connectivity index (χ1v) is 7.28. The van der Waals surface area contributed by atoms with Gasteiger partial charge in [0.15, 0.2) is 0 Å². The van der Waals surface area contributed by atoms with Crippen LogP contribution in [0.25, 0.3) is 0 Å². The molecule has 1 aliphatic heterocycles. The van der Waals surface area contributed by atoms with Gasteiger partial charge in [0.05, 0.1) is 19.3 Å². The minimum atomic E-state index is 0.457. The van der Waals surface area contributed by atoms with Crippen LogP contribution in [-0.4, -0.2) is 37.7 Å². The number of terminal acetylenes is 1. The molecular formula is C16H21ClN2O. The second kappa shape index (κ2) is 6.88. The van der Waals surface area contributed by atoms with Crippen LogP contribution in [-0.2, 0) is 0 Å². The molecule has 1 N–H and O–H groups in total. The van der Waals surface area contributed by atoms with Gasteiger partial charge in [-0.2, -0.15) is 0 Å². The largest absolute Gasteiger partial charge is 0.495 e. The topological polar surface area (TPSA) is 24.5 Å². The SMILES string of the molecule is C#CCN1CCC(Nc2cc(C)c(Cl)cc2OC)CC1. The maximum absolute atomic E-state index is 6.13. The van der Waals surface area contributed by atoms with Gasteiger partial charge in [-0.05, 0) is 31.4 Å². The molecule has 108 valence electrons. The van der Waals surface area contributed by atoms with Crippen LogP contribution in [0, 0.1) is 19.3 Å². The number of nitrogens with one attached hydrogen (secondary N) is 1. The molecular weight excluding hydrogens is 272 g/mol. The Morgan fingerprint density at radius 1 is 1.45 bits per heavy atom. The van der Waals surface area contributed by atoms with Crippen LogP contribution in [0.5, 0.6) is 5.75 Å². The first kappa shape index (κ1) is 15.0. The highest BCUT2D eigenvalue weighted by Gasteiger charge is 2.19. The fraction of sp³-hybridized carbons (Fsp3) is 0.500. The monoisotopic (exact) mass is 292 g/mol. The summed E-state index contributed by atoms with van der Waals surface area (Å²) in [6.45, 7) is 4.83. The molecule has 0 saturated carbocycles. The highest BCUT2D eigenvalue weighted by molar-refractivity contribution is 6.31. The number of hydrogen-bond acceptors (Lipinski definition) is 3. The molecule has 1 fully saturated rings. The summed E-state index contributed by atoms with van der Waals surface area (Å²) in [5.74, 6) is 3.50. The maximum atomic E-state index is 6.13. The van der Waals surface area contributed by atoms with Gasteiger partial charge in [0.25, 0.3) is 0 Å². The third-order valence-electron chi connectivity index (χ3n) is 3.74. The molecule has 1 aliphatic rings. The molecule has 0 spiro atoms. The van der Waals surface area contributed by atoms with Gasteiger partial charge < -0.3 is 10.1 Å². The number of methoxy groups -OCH3 is 1. The van der Waals surface area contributed by atoms with Crippen molar-refractivity contribution in [3.8, 4) is 18.1 Å². The zero-order chi connectivity index (χ0) is 14.5.